The lowest BCUT2D eigenvalue weighted by Crippen LogP contribution is -2.31. The van der Waals surface area contributed by atoms with Crippen molar-refractivity contribution in [2.24, 2.45) is 15.2 Å². The molecule has 1 aliphatic heterocycles. The second-order valence-corrected chi connectivity index (χ2v) is 2.31. The van der Waals surface area contributed by atoms with Crippen molar-refractivity contribution in [3.05, 3.63) is 12.3 Å². The van der Waals surface area contributed by atoms with Gasteiger partial charge in [0.05, 0.1) is 0 Å². The van der Waals surface area contributed by atoms with Gasteiger partial charge >= 0.3 is 6.03 Å². The Balaban J connectivity index is 2.72. The molecule has 1 heterocycles. The number of nitrogens with one attached hydrogen (secondary N) is 1. The Hall–Kier alpha value is -1.52. The lowest BCUT2D eigenvalue weighted by Gasteiger charge is -2.08. The topological polar surface area (TPSA) is 66.2 Å². The molecule has 0 saturated heterocycles. The van der Waals surface area contributed by atoms with Crippen LogP contribution in [0.25, 0.3) is 0 Å². The molecule has 0 aliphatic carbocycles. The summed E-state index contributed by atoms with van der Waals surface area (Å²) >= 11 is 0. The van der Waals surface area contributed by atoms with E-state index in [0.717, 1.165) is 6.42 Å². The molecule has 0 atom stereocenters. The van der Waals surface area contributed by atoms with Crippen LogP contribution in [0, 0.1) is 0 Å². The molecular weight excluding hydrogens is 156 g/mol. The van der Waals surface area contributed by atoms with Gasteiger partial charge in [-0.1, -0.05) is 18.6 Å². The van der Waals surface area contributed by atoms with Crippen LogP contribution in [0.3, 0.4) is 0 Å². The molecule has 5 nitrogen and oxygen atoms in total. The van der Waals surface area contributed by atoms with Gasteiger partial charge in [0.1, 0.15) is 5.70 Å². The summed E-state index contributed by atoms with van der Waals surface area (Å²) in [7, 11) is 0. The van der Waals surface area contributed by atoms with E-state index in [9.17, 15) is 4.79 Å². The smallest absolute Gasteiger partial charge is 0.288 e. The lowest BCUT2D eigenvalue weighted by atomic mass is 10.4. The van der Waals surface area contributed by atoms with Gasteiger partial charge < -0.3 is 0 Å². The maximum Gasteiger partial charge on any atom is 0.365 e. The summed E-state index contributed by atoms with van der Waals surface area (Å²) in [4.78, 5) is 14.8. The van der Waals surface area contributed by atoms with E-state index in [4.69, 9.17) is 0 Å². The van der Waals surface area contributed by atoms with Gasteiger partial charge in [0.2, 0.25) is 0 Å². The fourth-order valence-electron chi connectivity index (χ4n) is 0.706. The van der Waals surface area contributed by atoms with Gasteiger partial charge in [0, 0.05) is 6.54 Å². The molecule has 1 N–H and O–H groups in total. The van der Waals surface area contributed by atoms with Crippen molar-refractivity contribution in [1.82, 2.24) is 5.32 Å². The molecule has 0 saturated carbocycles. The molecule has 0 fully saturated rings. The second-order valence-electron chi connectivity index (χ2n) is 2.31. The maximum atomic E-state index is 10.7. The van der Waals surface area contributed by atoms with E-state index >= 15 is 0 Å². The third-order valence-corrected chi connectivity index (χ3v) is 1.25. The molecule has 0 unspecified atom stereocenters. The van der Waals surface area contributed by atoms with Crippen LogP contribution >= 0.6 is 0 Å². The first-order valence-electron chi connectivity index (χ1n) is 3.70. The van der Waals surface area contributed by atoms with E-state index in [1.54, 1.807) is 0 Å². The summed E-state index contributed by atoms with van der Waals surface area (Å²) in [5.74, 6) is 0.428. The largest absolute Gasteiger partial charge is 0.365 e. The summed E-state index contributed by atoms with van der Waals surface area (Å²) in [6, 6.07) is -0.489. The number of carbonyl (C=O) groups excluding carboxylic acids is 1. The number of carbonyl (C=O) groups is 1. The number of hydrogen-bond acceptors (Lipinski definition) is 3. The van der Waals surface area contributed by atoms with Crippen molar-refractivity contribution >= 4 is 11.9 Å². The van der Waals surface area contributed by atoms with Crippen molar-refractivity contribution in [1.29, 1.82) is 0 Å². The second kappa shape index (κ2) is 3.75. The average Bonchev–Trinajstić information content (AvgIpc) is 2.07. The van der Waals surface area contributed by atoms with E-state index < -0.39 is 6.03 Å². The van der Waals surface area contributed by atoms with Crippen LogP contribution < -0.4 is 5.32 Å². The SMILES string of the molecule is C=C1N=NC(=O)NC1=NCCC. The molecule has 2 amide bonds. The summed E-state index contributed by atoms with van der Waals surface area (Å²) in [5, 5.41) is 9.25. The monoisotopic (exact) mass is 166 g/mol. The Morgan fingerprint density at radius 2 is 2.33 bits per heavy atom. The molecule has 5 heteroatoms. The highest BCUT2D eigenvalue weighted by molar-refractivity contribution is 6.08. The number of rotatable bonds is 2. The number of amidine groups is 1. The zero-order valence-corrected chi connectivity index (χ0v) is 6.87. The van der Waals surface area contributed by atoms with E-state index in [1.807, 2.05) is 6.92 Å². The van der Waals surface area contributed by atoms with Gasteiger partial charge in [0.15, 0.2) is 5.84 Å². The molecule has 64 valence electrons. The van der Waals surface area contributed by atoms with Crippen LogP contribution in [-0.4, -0.2) is 18.4 Å². The first-order chi connectivity index (χ1) is 5.74. The van der Waals surface area contributed by atoms with E-state index in [0.29, 0.717) is 18.1 Å². The van der Waals surface area contributed by atoms with E-state index in [1.165, 1.54) is 0 Å². The van der Waals surface area contributed by atoms with Gasteiger partial charge in [-0.25, -0.2) is 4.79 Å². The molecule has 0 spiro atoms. The third kappa shape index (κ3) is 1.98. The first-order valence-corrected chi connectivity index (χ1v) is 3.70. The highest BCUT2D eigenvalue weighted by atomic mass is 16.2. The third-order valence-electron chi connectivity index (χ3n) is 1.25. The molecule has 12 heavy (non-hydrogen) atoms. The van der Waals surface area contributed by atoms with Crippen LogP contribution in [0.1, 0.15) is 13.3 Å². The quantitative estimate of drug-likeness (QED) is 0.663. The zero-order valence-electron chi connectivity index (χ0n) is 6.87. The number of hydrogen-bond donors (Lipinski definition) is 1. The minimum atomic E-state index is -0.489. The van der Waals surface area contributed by atoms with Crippen molar-refractivity contribution in [3.8, 4) is 0 Å². The Kier molecular flexibility index (Phi) is 2.68. The minimum absolute atomic E-state index is 0.406. The van der Waals surface area contributed by atoms with E-state index in [-0.39, 0.29) is 0 Å². The Morgan fingerprint density at radius 3 is 3.00 bits per heavy atom. The molecule has 0 bridgehead atoms. The summed E-state index contributed by atoms with van der Waals surface area (Å²) in [6.07, 6.45) is 0.920. The Labute approximate surface area is 70.3 Å². The van der Waals surface area contributed by atoms with Crippen LogP contribution in [0.15, 0.2) is 27.5 Å². The van der Waals surface area contributed by atoms with Crippen molar-refractivity contribution in [2.45, 2.75) is 13.3 Å². The van der Waals surface area contributed by atoms with Crippen molar-refractivity contribution in [3.63, 3.8) is 0 Å². The van der Waals surface area contributed by atoms with Crippen molar-refractivity contribution < 1.29 is 4.79 Å². The first kappa shape index (κ1) is 8.58. The molecule has 0 aromatic rings. The number of azo groups is 1. The molecule has 1 aliphatic rings. The molecule has 1 rings (SSSR count). The average molecular weight is 166 g/mol. The van der Waals surface area contributed by atoms with Crippen LogP contribution in [0.5, 0.6) is 0 Å². The van der Waals surface area contributed by atoms with Gasteiger partial charge in [-0.15, -0.1) is 5.11 Å². The van der Waals surface area contributed by atoms with Crippen LogP contribution in [0.4, 0.5) is 4.79 Å². The zero-order chi connectivity index (χ0) is 8.97. The predicted molar refractivity (Wildman–Crippen MR) is 45.1 cm³/mol. The highest BCUT2D eigenvalue weighted by Gasteiger charge is 2.13. The number of urea groups is 1. The van der Waals surface area contributed by atoms with Gasteiger partial charge in [-0.05, 0) is 6.42 Å². The van der Waals surface area contributed by atoms with Gasteiger partial charge in [-0.2, -0.15) is 0 Å². The number of amides is 2. The van der Waals surface area contributed by atoms with Gasteiger partial charge in [-0.3, -0.25) is 10.3 Å². The van der Waals surface area contributed by atoms with Crippen LogP contribution in [-0.2, 0) is 0 Å². The minimum Gasteiger partial charge on any atom is -0.288 e. The maximum absolute atomic E-state index is 10.7. The normalized spacial score (nSPS) is 19.9. The summed E-state index contributed by atoms with van der Waals surface area (Å²) in [5.41, 5.74) is 0.406. The lowest BCUT2D eigenvalue weighted by molar-refractivity contribution is 0.251. The molecule has 0 aromatic heterocycles. The number of aliphatic imine (C=N–C) groups is 1. The Morgan fingerprint density at radius 1 is 1.58 bits per heavy atom. The van der Waals surface area contributed by atoms with Crippen LogP contribution in [0.2, 0.25) is 0 Å². The fourth-order valence-corrected chi connectivity index (χ4v) is 0.706. The van der Waals surface area contributed by atoms with Crippen molar-refractivity contribution in [2.75, 3.05) is 6.54 Å². The summed E-state index contributed by atoms with van der Waals surface area (Å²) < 4.78 is 0. The molecule has 0 aromatic carbocycles. The van der Waals surface area contributed by atoms with Gasteiger partial charge in [0.25, 0.3) is 0 Å². The molecular formula is C7H10N4O. The fraction of sp³-hybridized carbons (Fsp3) is 0.429. The highest BCUT2D eigenvalue weighted by Crippen LogP contribution is 2.02. The van der Waals surface area contributed by atoms with E-state index in [2.05, 4.69) is 27.1 Å². The summed E-state index contributed by atoms with van der Waals surface area (Å²) in [6.45, 7) is 6.23. The number of nitrogens with zero attached hydrogens (tertiary/aromatic N) is 3. The molecule has 0 radical (unpaired) electrons. The Bertz CT molecular complexity index is 267. The standard InChI is InChI=1S/C7H10N4O/c1-3-4-8-6-5(2)10-11-7(12)9-6/h2-4H2,1H3,(H,8,9,12). The predicted octanol–water partition coefficient (Wildman–Crippen LogP) is 1.48.